The molecular weight excluding hydrogens is 262 g/mol. The fourth-order valence-corrected chi connectivity index (χ4v) is 2.44. The van der Waals surface area contributed by atoms with Crippen molar-refractivity contribution in [3.8, 4) is 0 Å². The van der Waals surface area contributed by atoms with E-state index in [1.54, 1.807) is 14.0 Å². The van der Waals surface area contributed by atoms with Gasteiger partial charge in [0.05, 0.1) is 12.7 Å². The van der Waals surface area contributed by atoms with Crippen molar-refractivity contribution in [3.05, 3.63) is 22.7 Å². The van der Waals surface area contributed by atoms with E-state index in [2.05, 4.69) is 4.98 Å². The van der Waals surface area contributed by atoms with Gasteiger partial charge in [-0.05, 0) is 13.0 Å². The van der Waals surface area contributed by atoms with Crippen LogP contribution in [0.3, 0.4) is 0 Å². The molecule has 1 aromatic heterocycles. The van der Waals surface area contributed by atoms with Crippen molar-refractivity contribution in [2.24, 2.45) is 5.41 Å². The third-order valence-electron chi connectivity index (χ3n) is 4.31. The summed E-state index contributed by atoms with van der Waals surface area (Å²) in [5.41, 5.74) is 3.08. The number of aliphatic hydroxyl groups is 1. The van der Waals surface area contributed by atoms with Gasteiger partial charge in [-0.15, -0.1) is 0 Å². The minimum absolute atomic E-state index is 0.136. The van der Waals surface area contributed by atoms with Gasteiger partial charge in [0.2, 0.25) is 0 Å². The maximum Gasteiger partial charge on any atom is 0.351 e. The Hall–Kier alpha value is -1.44. The van der Waals surface area contributed by atoms with Gasteiger partial charge in [-0.1, -0.05) is 13.8 Å². The summed E-state index contributed by atoms with van der Waals surface area (Å²) in [6.07, 6.45) is 0.310. The van der Waals surface area contributed by atoms with Gasteiger partial charge in [0.25, 0.3) is 0 Å². The lowest BCUT2D eigenvalue weighted by atomic mass is 9.73. The number of rotatable bonds is 3. The molecule has 7 heteroatoms. The first kappa shape index (κ1) is 15.0. The topological polar surface area (TPSA) is 99.6 Å². The fraction of sp³-hybridized carbons (Fsp3) is 0.692. The number of nitrogens with zero attached hydrogens (tertiary/aromatic N) is 2. The number of hydrogen-bond donors (Lipinski definition) is 2. The molecule has 1 aromatic rings. The summed E-state index contributed by atoms with van der Waals surface area (Å²) in [4.78, 5) is 15.6. The predicted octanol–water partition coefficient (Wildman–Crippen LogP) is 0.146. The molecule has 0 bridgehead atoms. The highest BCUT2D eigenvalue weighted by Crippen LogP contribution is 2.50. The van der Waals surface area contributed by atoms with Crippen molar-refractivity contribution in [3.63, 3.8) is 0 Å². The van der Waals surface area contributed by atoms with Gasteiger partial charge in [0, 0.05) is 18.7 Å². The minimum atomic E-state index is -1.25. The van der Waals surface area contributed by atoms with Crippen LogP contribution in [0.2, 0.25) is 0 Å². The Morgan fingerprint density at radius 3 is 2.75 bits per heavy atom. The second-order valence-corrected chi connectivity index (χ2v) is 5.84. The number of aromatic nitrogens is 2. The lowest BCUT2D eigenvalue weighted by molar-refractivity contribution is -0.0987. The molecule has 1 aliphatic heterocycles. The summed E-state index contributed by atoms with van der Waals surface area (Å²) in [6, 6.07) is 1.50. The van der Waals surface area contributed by atoms with E-state index in [9.17, 15) is 9.90 Å². The average Bonchev–Trinajstić information content (AvgIpc) is 2.50. The number of anilines is 1. The third-order valence-corrected chi connectivity index (χ3v) is 4.31. The molecule has 0 unspecified atom stereocenters. The van der Waals surface area contributed by atoms with Crippen LogP contribution in [0.25, 0.3) is 0 Å². The molecule has 3 N–H and O–H groups in total. The number of nitrogens with two attached hydrogens (primary N) is 1. The molecule has 2 heterocycles. The Morgan fingerprint density at radius 1 is 1.55 bits per heavy atom. The monoisotopic (exact) mass is 283 g/mol. The van der Waals surface area contributed by atoms with Gasteiger partial charge in [-0.25, -0.2) is 4.79 Å². The molecule has 0 amide bonds. The van der Waals surface area contributed by atoms with Crippen LogP contribution in [0.5, 0.6) is 0 Å². The molecule has 3 atom stereocenters. The molecule has 0 aliphatic carbocycles. The van der Waals surface area contributed by atoms with E-state index < -0.39 is 22.9 Å². The van der Waals surface area contributed by atoms with E-state index in [0.717, 1.165) is 0 Å². The van der Waals surface area contributed by atoms with E-state index >= 15 is 0 Å². The van der Waals surface area contributed by atoms with Crippen LogP contribution >= 0.6 is 0 Å². The number of nitrogen functional groups attached to an aromatic ring is 1. The van der Waals surface area contributed by atoms with Crippen molar-refractivity contribution < 1.29 is 14.6 Å². The minimum Gasteiger partial charge on any atom is -0.385 e. The molecule has 1 aliphatic rings. The van der Waals surface area contributed by atoms with Crippen LogP contribution in [-0.2, 0) is 9.47 Å². The maximum atomic E-state index is 11.9. The Morgan fingerprint density at radius 2 is 2.20 bits per heavy atom. The van der Waals surface area contributed by atoms with E-state index in [0.29, 0.717) is 6.61 Å². The second-order valence-electron chi connectivity index (χ2n) is 5.84. The molecule has 0 radical (unpaired) electrons. The molecular formula is C13H21N3O4. The summed E-state index contributed by atoms with van der Waals surface area (Å²) in [6.45, 7) is 5.74. The lowest BCUT2D eigenvalue weighted by Gasteiger charge is -2.36. The first-order chi connectivity index (χ1) is 9.21. The first-order valence-corrected chi connectivity index (χ1v) is 6.43. The summed E-state index contributed by atoms with van der Waals surface area (Å²) >= 11 is 0. The molecule has 112 valence electrons. The summed E-state index contributed by atoms with van der Waals surface area (Å²) in [5, 5.41) is 10.8. The van der Waals surface area contributed by atoms with Gasteiger partial charge >= 0.3 is 5.69 Å². The average molecular weight is 283 g/mol. The van der Waals surface area contributed by atoms with E-state index in [1.807, 2.05) is 13.8 Å². The molecule has 7 nitrogen and oxygen atoms in total. The van der Waals surface area contributed by atoms with Gasteiger partial charge in [0.1, 0.15) is 11.4 Å². The number of ether oxygens (including phenoxy) is 2. The van der Waals surface area contributed by atoms with Crippen LogP contribution in [0.1, 0.15) is 27.0 Å². The summed E-state index contributed by atoms with van der Waals surface area (Å²) in [5.74, 6) is 0.136. The highest BCUT2D eigenvalue weighted by molar-refractivity contribution is 5.24. The summed E-state index contributed by atoms with van der Waals surface area (Å²) < 4.78 is 12.2. The van der Waals surface area contributed by atoms with Crippen molar-refractivity contribution in [2.45, 2.75) is 38.7 Å². The quantitative estimate of drug-likeness (QED) is 0.819. The Bertz CT molecular complexity index is 553. The highest BCUT2D eigenvalue weighted by atomic mass is 16.6. The van der Waals surface area contributed by atoms with Crippen LogP contribution < -0.4 is 11.4 Å². The molecule has 20 heavy (non-hydrogen) atoms. The number of methoxy groups -OCH3 is 1. The molecule has 1 saturated heterocycles. The van der Waals surface area contributed by atoms with Gasteiger partial charge in [-0.2, -0.15) is 4.98 Å². The van der Waals surface area contributed by atoms with Crippen molar-refractivity contribution in [2.75, 3.05) is 19.5 Å². The zero-order valence-electron chi connectivity index (χ0n) is 12.2. The Balaban J connectivity index is 2.45. The Labute approximate surface area is 117 Å². The van der Waals surface area contributed by atoms with Gasteiger partial charge in [-0.3, -0.25) is 4.57 Å². The van der Waals surface area contributed by atoms with Gasteiger partial charge < -0.3 is 20.3 Å². The zero-order valence-corrected chi connectivity index (χ0v) is 12.2. The molecule has 0 spiro atoms. The predicted molar refractivity (Wildman–Crippen MR) is 73.1 cm³/mol. The Kier molecular flexibility index (Phi) is 3.62. The SMILES string of the molecule is COC[C@H]1O[C@@H](n2ccc(N)nc2=O)[C@](C)(O)C1(C)C. The zero-order chi connectivity index (χ0) is 15.1. The largest absolute Gasteiger partial charge is 0.385 e. The van der Waals surface area contributed by atoms with Gasteiger partial charge in [0.15, 0.2) is 6.23 Å². The standard InChI is InChI=1S/C13H21N3O4/c1-12(2)8(7-19-4)20-10(13(12,3)18)16-6-5-9(14)15-11(16)17/h5-6,8,10,18H,7H2,1-4H3,(H2,14,15,17)/t8-,10-,13+/m1/s1. The third kappa shape index (κ3) is 2.11. The van der Waals surface area contributed by atoms with E-state index in [1.165, 1.54) is 16.8 Å². The molecule has 0 saturated carbocycles. The maximum absolute atomic E-state index is 11.9. The smallest absolute Gasteiger partial charge is 0.351 e. The molecule has 1 fully saturated rings. The normalized spacial score (nSPS) is 32.5. The van der Waals surface area contributed by atoms with Crippen molar-refractivity contribution >= 4 is 5.82 Å². The lowest BCUT2D eigenvalue weighted by Crippen LogP contribution is -2.48. The first-order valence-electron chi connectivity index (χ1n) is 6.43. The van der Waals surface area contributed by atoms with E-state index in [4.69, 9.17) is 15.2 Å². The summed E-state index contributed by atoms with van der Waals surface area (Å²) in [7, 11) is 1.57. The fourth-order valence-electron chi connectivity index (χ4n) is 2.44. The van der Waals surface area contributed by atoms with Crippen LogP contribution in [-0.4, -0.2) is 40.1 Å². The van der Waals surface area contributed by atoms with Crippen LogP contribution in [0, 0.1) is 5.41 Å². The molecule has 0 aromatic carbocycles. The van der Waals surface area contributed by atoms with E-state index in [-0.39, 0.29) is 11.9 Å². The molecule has 2 rings (SSSR count). The number of hydrogen-bond acceptors (Lipinski definition) is 6. The van der Waals surface area contributed by atoms with Crippen molar-refractivity contribution in [1.29, 1.82) is 0 Å². The van der Waals surface area contributed by atoms with Crippen LogP contribution in [0.15, 0.2) is 17.1 Å². The highest BCUT2D eigenvalue weighted by Gasteiger charge is 2.59. The van der Waals surface area contributed by atoms with Crippen LogP contribution in [0.4, 0.5) is 5.82 Å². The van der Waals surface area contributed by atoms with Crippen molar-refractivity contribution in [1.82, 2.24) is 9.55 Å². The second kappa shape index (κ2) is 4.83.